The van der Waals surface area contributed by atoms with Gasteiger partial charge in [0.1, 0.15) is 0 Å². The molecule has 142 valence electrons. The normalized spacial score (nSPS) is 16.8. The van der Waals surface area contributed by atoms with E-state index < -0.39 is 0 Å². The van der Waals surface area contributed by atoms with Gasteiger partial charge in [-0.1, -0.05) is 48.5 Å². The molecule has 0 aliphatic carbocycles. The van der Waals surface area contributed by atoms with Crippen LogP contribution in [-0.4, -0.2) is 55.3 Å². The number of anilines is 1. The molecule has 1 heterocycles. The van der Waals surface area contributed by atoms with Gasteiger partial charge < -0.3 is 14.7 Å². The SMILES string of the molecule is CN(C)CCN1CC(C(=O)N(Cc2ccccc2)c2ccccc2)CC1=O. The van der Waals surface area contributed by atoms with Crippen LogP contribution in [0.5, 0.6) is 0 Å². The molecule has 0 aromatic heterocycles. The van der Waals surface area contributed by atoms with E-state index in [1.807, 2.05) is 89.5 Å². The van der Waals surface area contributed by atoms with E-state index in [1.165, 1.54) is 0 Å². The Morgan fingerprint density at radius 2 is 1.67 bits per heavy atom. The van der Waals surface area contributed by atoms with Crippen LogP contribution >= 0.6 is 0 Å². The maximum absolute atomic E-state index is 13.3. The van der Waals surface area contributed by atoms with Crippen molar-refractivity contribution in [3.05, 3.63) is 66.2 Å². The Morgan fingerprint density at radius 3 is 2.30 bits per heavy atom. The summed E-state index contributed by atoms with van der Waals surface area (Å²) in [6.45, 7) is 2.48. The Labute approximate surface area is 161 Å². The molecule has 2 aromatic rings. The zero-order valence-corrected chi connectivity index (χ0v) is 16.0. The van der Waals surface area contributed by atoms with Gasteiger partial charge in [0.2, 0.25) is 11.8 Å². The number of likely N-dealkylation sites (tertiary alicyclic amines) is 1. The Kier molecular flexibility index (Phi) is 6.24. The fourth-order valence-corrected chi connectivity index (χ4v) is 3.37. The molecule has 1 fully saturated rings. The van der Waals surface area contributed by atoms with E-state index in [0.29, 0.717) is 26.1 Å². The second-order valence-electron chi connectivity index (χ2n) is 7.29. The molecule has 1 unspecified atom stereocenters. The van der Waals surface area contributed by atoms with Crippen molar-refractivity contribution in [3.8, 4) is 0 Å². The van der Waals surface area contributed by atoms with Crippen molar-refractivity contribution in [1.82, 2.24) is 9.80 Å². The fourth-order valence-electron chi connectivity index (χ4n) is 3.37. The molecule has 0 saturated carbocycles. The summed E-state index contributed by atoms with van der Waals surface area (Å²) in [6, 6.07) is 19.7. The summed E-state index contributed by atoms with van der Waals surface area (Å²) in [7, 11) is 3.97. The minimum Gasteiger partial charge on any atom is -0.341 e. The molecule has 5 heteroatoms. The molecule has 5 nitrogen and oxygen atoms in total. The molecular formula is C22H27N3O2. The van der Waals surface area contributed by atoms with Crippen LogP contribution in [0.3, 0.4) is 0 Å². The molecule has 0 radical (unpaired) electrons. The molecular weight excluding hydrogens is 338 g/mol. The van der Waals surface area contributed by atoms with Gasteiger partial charge in [0.15, 0.2) is 0 Å². The smallest absolute Gasteiger partial charge is 0.232 e. The highest BCUT2D eigenvalue weighted by atomic mass is 16.2. The van der Waals surface area contributed by atoms with E-state index in [2.05, 4.69) is 0 Å². The average Bonchev–Trinajstić information content (AvgIpc) is 3.06. The zero-order valence-electron chi connectivity index (χ0n) is 16.0. The molecule has 2 amide bonds. The van der Waals surface area contributed by atoms with Crippen molar-refractivity contribution >= 4 is 17.5 Å². The van der Waals surface area contributed by atoms with Crippen LogP contribution in [0.25, 0.3) is 0 Å². The largest absolute Gasteiger partial charge is 0.341 e. The number of hydrogen-bond donors (Lipinski definition) is 0. The van der Waals surface area contributed by atoms with Gasteiger partial charge in [-0.05, 0) is 31.8 Å². The van der Waals surface area contributed by atoms with Crippen molar-refractivity contribution < 1.29 is 9.59 Å². The van der Waals surface area contributed by atoms with E-state index in [4.69, 9.17) is 0 Å². The number of benzene rings is 2. The van der Waals surface area contributed by atoms with E-state index in [1.54, 1.807) is 0 Å². The summed E-state index contributed by atoms with van der Waals surface area (Å²) in [5.41, 5.74) is 1.94. The summed E-state index contributed by atoms with van der Waals surface area (Å²) in [5.74, 6) is -0.197. The Hall–Kier alpha value is -2.66. The number of nitrogens with zero attached hydrogens (tertiary/aromatic N) is 3. The summed E-state index contributed by atoms with van der Waals surface area (Å²) in [4.78, 5) is 31.3. The second kappa shape index (κ2) is 8.82. The van der Waals surface area contributed by atoms with Gasteiger partial charge >= 0.3 is 0 Å². The van der Waals surface area contributed by atoms with E-state index >= 15 is 0 Å². The van der Waals surface area contributed by atoms with E-state index in [9.17, 15) is 9.59 Å². The number of para-hydroxylation sites is 1. The first-order valence-electron chi connectivity index (χ1n) is 9.37. The summed E-state index contributed by atoms with van der Waals surface area (Å²) in [5, 5.41) is 0. The topological polar surface area (TPSA) is 43.9 Å². The number of rotatable bonds is 7. The first-order valence-corrected chi connectivity index (χ1v) is 9.37. The lowest BCUT2D eigenvalue weighted by Crippen LogP contribution is -2.38. The third-order valence-electron chi connectivity index (χ3n) is 4.90. The van der Waals surface area contributed by atoms with Crippen LogP contribution in [0.2, 0.25) is 0 Å². The number of likely N-dealkylation sites (N-methyl/N-ethyl adjacent to an activating group) is 1. The van der Waals surface area contributed by atoms with Gasteiger partial charge in [0.25, 0.3) is 0 Å². The van der Waals surface area contributed by atoms with Gasteiger partial charge in [-0.2, -0.15) is 0 Å². The number of amides is 2. The van der Waals surface area contributed by atoms with Crippen LogP contribution in [-0.2, 0) is 16.1 Å². The van der Waals surface area contributed by atoms with Crippen LogP contribution in [0.4, 0.5) is 5.69 Å². The molecule has 1 saturated heterocycles. The Bertz CT molecular complexity index is 762. The minimum absolute atomic E-state index is 0.0192. The number of carbonyl (C=O) groups excluding carboxylic acids is 2. The first kappa shape index (κ1) is 19.1. The van der Waals surface area contributed by atoms with Gasteiger partial charge in [0, 0.05) is 31.7 Å². The minimum atomic E-state index is -0.288. The highest BCUT2D eigenvalue weighted by molar-refractivity contribution is 5.99. The van der Waals surface area contributed by atoms with Gasteiger partial charge in [-0.3, -0.25) is 9.59 Å². The van der Waals surface area contributed by atoms with Crippen molar-refractivity contribution in [3.63, 3.8) is 0 Å². The number of hydrogen-bond acceptors (Lipinski definition) is 3. The molecule has 0 bridgehead atoms. The zero-order chi connectivity index (χ0) is 19.2. The van der Waals surface area contributed by atoms with Gasteiger partial charge in [0.05, 0.1) is 12.5 Å². The van der Waals surface area contributed by atoms with Crippen LogP contribution in [0.15, 0.2) is 60.7 Å². The van der Waals surface area contributed by atoms with Crippen LogP contribution < -0.4 is 4.90 Å². The fraction of sp³-hybridized carbons (Fsp3) is 0.364. The standard InChI is InChI=1S/C22H27N3O2/c1-23(2)13-14-24-17-19(15-21(24)26)22(27)25(20-11-7-4-8-12-20)16-18-9-5-3-6-10-18/h3-12,19H,13-17H2,1-2H3. The van der Waals surface area contributed by atoms with Gasteiger partial charge in [-0.25, -0.2) is 0 Å². The van der Waals surface area contributed by atoms with Crippen molar-refractivity contribution in [1.29, 1.82) is 0 Å². The third kappa shape index (κ3) is 4.95. The average molecular weight is 365 g/mol. The maximum atomic E-state index is 13.3. The Balaban J connectivity index is 1.76. The highest BCUT2D eigenvalue weighted by Crippen LogP contribution is 2.25. The lowest BCUT2D eigenvalue weighted by molar-refractivity contribution is -0.128. The third-order valence-corrected chi connectivity index (χ3v) is 4.90. The highest BCUT2D eigenvalue weighted by Gasteiger charge is 2.36. The Morgan fingerprint density at radius 1 is 1.04 bits per heavy atom. The maximum Gasteiger partial charge on any atom is 0.232 e. The molecule has 1 atom stereocenters. The quantitative estimate of drug-likeness (QED) is 0.758. The summed E-state index contributed by atoms with van der Waals surface area (Å²) < 4.78 is 0. The van der Waals surface area contributed by atoms with E-state index in [-0.39, 0.29) is 17.7 Å². The van der Waals surface area contributed by atoms with Crippen molar-refractivity contribution in [2.75, 3.05) is 38.6 Å². The lowest BCUT2D eigenvalue weighted by Gasteiger charge is -2.26. The van der Waals surface area contributed by atoms with Crippen molar-refractivity contribution in [2.45, 2.75) is 13.0 Å². The van der Waals surface area contributed by atoms with Crippen LogP contribution in [0, 0.1) is 5.92 Å². The molecule has 1 aliphatic heterocycles. The van der Waals surface area contributed by atoms with E-state index in [0.717, 1.165) is 17.8 Å². The molecule has 0 N–H and O–H groups in total. The predicted molar refractivity (Wildman–Crippen MR) is 107 cm³/mol. The second-order valence-corrected chi connectivity index (χ2v) is 7.29. The number of carbonyl (C=O) groups is 2. The van der Waals surface area contributed by atoms with Crippen LogP contribution in [0.1, 0.15) is 12.0 Å². The lowest BCUT2D eigenvalue weighted by atomic mass is 10.1. The summed E-state index contributed by atoms with van der Waals surface area (Å²) in [6.07, 6.45) is 0.296. The molecule has 2 aromatic carbocycles. The van der Waals surface area contributed by atoms with Gasteiger partial charge in [-0.15, -0.1) is 0 Å². The first-order chi connectivity index (χ1) is 13.0. The summed E-state index contributed by atoms with van der Waals surface area (Å²) >= 11 is 0. The molecule has 0 spiro atoms. The molecule has 3 rings (SSSR count). The molecule has 1 aliphatic rings. The van der Waals surface area contributed by atoms with Crippen molar-refractivity contribution in [2.24, 2.45) is 5.92 Å². The molecule has 27 heavy (non-hydrogen) atoms. The predicted octanol–water partition coefficient (Wildman–Crippen LogP) is 2.63. The monoisotopic (exact) mass is 365 g/mol.